The Kier molecular flexibility index (Phi) is 8.75. The van der Waals surface area contributed by atoms with Crippen LogP contribution in [-0.2, 0) is 23.2 Å². The van der Waals surface area contributed by atoms with Gasteiger partial charge in [0.05, 0.1) is 28.3 Å². The Morgan fingerprint density at radius 3 is 2.18 bits per heavy atom. The van der Waals surface area contributed by atoms with Gasteiger partial charge in [0.2, 0.25) is 0 Å². The Morgan fingerprint density at radius 2 is 1.60 bits per heavy atom. The van der Waals surface area contributed by atoms with Crippen LogP contribution in [0, 0.1) is 15.9 Å². The number of nitro benzene ring substituents is 1. The van der Waals surface area contributed by atoms with Crippen LogP contribution in [0.3, 0.4) is 0 Å². The second kappa shape index (κ2) is 12.0. The van der Waals surface area contributed by atoms with Crippen molar-refractivity contribution in [2.24, 2.45) is 7.05 Å². The van der Waals surface area contributed by atoms with Gasteiger partial charge in [0.15, 0.2) is 4.90 Å². The molecule has 1 heterocycles. The molecule has 0 aliphatic rings. The summed E-state index contributed by atoms with van der Waals surface area (Å²) in [5.41, 5.74) is -7.80. The maximum atomic E-state index is 14.9. The second-order valence-corrected chi connectivity index (χ2v) is 11.0. The number of aromatic nitrogens is 2. The van der Waals surface area contributed by atoms with E-state index in [1.807, 2.05) is 0 Å². The molecule has 0 aliphatic heterocycles. The molecule has 13 nitrogen and oxygen atoms in total. The van der Waals surface area contributed by atoms with Gasteiger partial charge >= 0.3 is 11.9 Å². The van der Waals surface area contributed by atoms with E-state index in [4.69, 9.17) is 21.1 Å². The summed E-state index contributed by atoms with van der Waals surface area (Å²) < 4.78 is 93.0. The molecule has 45 heavy (non-hydrogen) atoms. The fraction of sp³-hybridized carbons (Fsp3) is 0.115. The Hall–Kier alpha value is -5.23. The summed E-state index contributed by atoms with van der Waals surface area (Å²) in [6.07, 6.45) is -5.12. The van der Waals surface area contributed by atoms with Gasteiger partial charge in [-0.2, -0.15) is 13.2 Å². The number of hydrogen-bond acceptors (Lipinski definition) is 9. The van der Waals surface area contributed by atoms with Gasteiger partial charge in [-0.25, -0.2) is 26.9 Å². The average molecular weight is 673 g/mol. The maximum absolute atomic E-state index is 14.9. The number of nitro groups is 1. The number of carbonyl (C=O) groups excluding carboxylic acids is 1. The molecule has 0 unspecified atom stereocenters. The highest BCUT2D eigenvalue weighted by Crippen LogP contribution is 2.32. The van der Waals surface area contributed by atoms with Crippen molar-refractivity contribution in [1.29, 1.82) is 0 Å². The monoisotopic (exact) mass is 672 g/mol. The molecule has 1 amide bonds. The molecule has 0 spiro atoms. The number of nitrogens with one attached hydrogen (secondary N) is 1. The van der Waals surface area contributed by atoms with E-state index in [-0.39, 0.29) is 26.7 Å². The van der Waals surface area contributed by atoms with Crippen LogP contribution < -0.4 is 25.4 Å². The van der Waals surface area contributed by atoms with Crippen LogP contribution in [0.25, 0.3) is 5.69 Å². The Labute approximate surface area is 254 Å². The smallest absolute Gasteiger partial charge is 0.431 e. The second-order valence-electron chi connectivity index (χ2n) is 8.92. The van der Waals surface area contributed by atoms with Gasteiger partial charge in [0.25, 0.3) is 27.2 Å². The number of sulfonamides is 1. The number of amides is 1. The van der Waals surface area contributed by atoms with E-state index in [9.17, 15) is 50.5 Å². The van der Waals surface area contributed by atoms with Crippen LogP contribution in [0.15, 0.2) is 75.1 Å². The minimum Gasteiger partial charge on any atom is -0.497 e. The number of ether oxygens (including phenoxy) is 2. The first-order valence-electron chi connectivity index (χ1n) is 12.0. The van der Waals surface area contributed by atoms with Crippen molar-refractivity contribution >= 4 is 33.2 Å². The van der Waals surface area contributed by atoms with E-state index in [0.717, 1.165) is 18.2 Å². The lowest BCUT2D eigenvalue weighted by molar-refractivity contribution is -0.387. The van der Waals surface area contributed by atoms with Crippen molar-refractivity contribution in [3.05, 3.63) is 114 Å². The molecule has 1 N–H and O–H groups in total. The number of halogens is 5. The number of hydrogen-bond donors (Lipinski definition) is 1. The molecule has 0 radical (unpaired) electrons. The standard InChI is InChI=1S/C26H17ClF4N4O9S/c1-33-22(26(29,30)31)12-23(36)34(25(33)38)20-10-16(17(27)11-18(20)28)24(37)32-45(41,42)21-9-15(7-8-19(21)35(39)40)44-14-5-3-13(43-2)4-6-14/h3-12H,1-2H3,(H,32,37). The Morgan fingerprint density at radius 1 is 1.00 bits per heavy atom. The van der Waals surface area contributed by atoms with E-state index in [0.29, 0.717) is 24.9 Å². The Balaban J connectivity index is 1.75. The van der Waals surface area contributed by atoms with Crippen LogP contribution >= 0.6 is 11.6 Å². The first-order valence-corrected chi connectivity index (χ1v) is 13.9. The molecule has 0 bridgehead atoms. The van der Waals surface area contributed by atoms with E-state index >= 15 is 0 Å². The number of carbonyl (C=O) groups is 1. The lowest BCUT2D eigenvalue weighted by Gasteiger charge is -2.15. The first kappa shape index (κ1) is 32.7. The molecule has 3 aromatic carbocycles. The third-order valence-electron chi connectivity index (χ3n) is 6.07. The molecule has 19 heteroatoms. The largest absolute Gasteiger partial charge is 0.497 e. The summed E-state index contributed by atoms with van der Waals surface area (Å²) in [5.74, 6) is -2.57. The molecule has 0 fully saturated rings. The van der Waals surface area contributed by atoms with Gasteiger partial charge in [-0.15, -0.1) is 0 Å². The molecular weight excluding hydrogens is 656 g/mol. The van der Waals surface area contributed by atoms with E-state index in [1.54, 1.807) is 0 Å². The minimum absolute atomic E-state index is 0.0137. The average Bonchev–Trinajstić information content (AvgIpc) is 2.95. The zero-order chi connectivity index (χ0) is 33.4. The molecule has 1 aromatic heterocycles. The number of rotatable bonds is 8. The number of nitrogens with zero attached hydrogens (tertiary/aromatic N) is 3. The fourth-order valence-electron chi connectivity index (χ4n) is 3.94. The fourth-order valence-corrected chi connectivity index (χ4v) is 5.33. The van der Waals surface area contributed by atoms with Gasteiger partial charge in [0.1, 0.15) is 28.8 Å². The summed E-state index contributed by atoms with van der Waals surface area (Å²) >= 11 is 5.92. The number of alkyl halides is 3. The van der Waals surface area contributed by atoms with Crippen LogP contribution in [-0.4, -0.2) is 35.5 Å². The van der Waals surface area contributed by atoms with Gasteiger partial charge in [0, 0.05) is 25.2 Å². The topological polar surface area (TPSA) is 169 Å². The lowest BCUT2D eigenvalue weighted by atomic mass is 10.1. The van der Waals surface area contributed by atoms with Crippen molar-refractivity contribution in [1.82, 2.24) is 13.9 Å². The lowest BCUT2D eigenvalue weighted by Crippen LogP contribution is -2.41. The maximum Gasteiger partial charge on any atom is 0.431 e. The van der Waals surface area contributed by atoms with Gasteiger partial charge < -0.3 is 9.47 Å². The summed E-state index contributed by atoms with van der Waals surface area (Å²) in [7, 11) is -3.03. The van der Waals surface area contributed by atoms with Crippen LogP contribution in [0.4, 0.5) is 23.2 Å². The zero-order valence-electron chi connectivity index (χ0n) is 22.6. The van der Waals surface area contributed by atoms with Gasteiger partial charge in [-0.1, -0.05) is 11.6 Å². The molecule has 236 valence electrons. The van der Waals surface area contributed by atoms with E-state index in [1.165, 1.54) is 36.1 Å². The predicted molar refractivity (Wildman–Crippen MR) is 148 cm³/mol. The molecule has 0 atom stereocenters. The van der Waals surface area contributed by atoms with Crippen molar-refractivity contribution in [2.45, 2.75) is 11.1 Å². The van der Waals surface area contributed by atoms with Gasteiger partial charge in [-0.3, -0.25) is 24.3 Å². The predicted octanol–water partition coefficient (Wildman–Crippen LogP) is 4.18. The molecule has 0 saturated carbocycles. The zero-order valence-corrected chi connectivity index (χ0v) is 24.2. The number of benzene rings is 3. The quantitative estimate of drug-likeness (QED) is 0.164. The SMILES string of the molecule is COc1ccc(Oc2ccc([N+](=O)[O-])c(S(=O)(=O)NC(=O)c3cc(-n4c(=O)cc(C(F)(F)F)n(C)c4=O)c(F)cc3Cl)c2)cc1. The summed E-state index contributed by atoms with van der Waals surface area (Å²) in [6, 6.07) is 9.48. The van der Waals surface area contributed by atoms with Crippen LogP contribution in [0.5, 0.6) is 17.2 Å². The molecule has 4 aromatic rings. The minimum atomic E-state index is -5.12. The molecular formula is C26H17ClF4N4O9S. The highest BCUT2D eigenvalue weighted by molar-refractivity contribution is 7.90. The first-order chi connectivity index (χ1) is 20.9. The number of methoxy groups -OCH3 is 1. The summed E-state index contributed by atoms with van der Waals surface area (Å²) in [4.78, 5) is 47.7. The molecule has 0 saturated heterocycles. The molecule has 0 aliphatic carbocycles. The highest BCUT2D eigenvalue weighted by atomic mass is 35.5. The van der Waals surface area contributed by atoms with E-state index in [2.05, 4.69) is 0 Å². The van der Waals surface area contributed by atoms with E-state index < -0.39 is 76.6 Å². The van der Waals surface area contributed by atoms with Gasteiger partial charge in [-0.05, 0) is 42.5 Å². The highest BCUT2D eigenvalue weighted by Gasteiger charge is 2.35. The third-order valence-corrected chi connectivity index (χ3v) is 7.75. The Bertz CT molecular complexity index is 2080. The van der Waals surface area contributed by atoms with Crippen LogP contribution in [0.1, 0.15) is 16.1 Å². The van der Waals surface area contributed by atoms with Crippen molar-refractivity contribution in [3.8, 4) is 22.9 Å². The van der Waals surface area contributed by atoms with Crippen molar-refractivity contribution < 1.29 is 45.2 Å². The van der Waals surface area contributed by atoms with Crippen molar-refractivity contribution in [3.63, 3.8) is 0 Å². The van der Waals surface area contributed by atoms with Crippen molar-refractivity contribution in [2.75, 3.05) is 7.11 Å². The van der Waals surface area contributed by atoms with Crippen LogP contribution in [0.2, 0.25) is 5.02 Å². The summed E-state index contributed by atoms with van der Waals surface area (Å²) in [6.45, 7) is 0. The molecule has 4 rings (SSSR count). The normalized spacial score (nSPS) is 11.6. The third kappa shape index (κ3) is 6.65. The summed E-state index contributed by atoms with van der Waals surface area (Å²) in [5, 5.41) is 10.9.